The van der Waals surface area contributed by atoms with Crippen molar-refractivity contribution in [2.24, 2.45) is 0 Å². The number of amides is 1. The third-order valence-corrected chi connectivity index (χ3v) is 5.79. The van der Waals surface area contributed by atoms with Gasteiger partial charge >= 0.3 is 0 Å². The molecule has 1 aliphatic rings. The van der Waals surface area contributed by atoms with Gasteiger partial charge in [0.05, 0.1) is 21.8 Å². The number of benzene rings is 2. The number of fused-ring (bicyclic) bond motifs is 1. The summed E-state index contributed by atoms with van der Waals surface area (Å²) in [5.41, 5.74) is 3.77. The van der Waals surface area contributed by atoms with E-state index in [1.807, 2.05) is 37.3 Å². The molecule has 0 radical (unpaired) electrons. The number of para-hydroxylation sites is 1. The number of carbonyl (C=O) groups excluding carboxylic acids is 1. The summed E-state index contributed by atoms with van der Waals surface area (Å²) in [6.45, 7) is 1.93. The van der Waals surface area contributed by atoms with E-state index >= 15 is 0 Å². The maximum atomic E-state index is 13.2. The van der Waals surface area contributed by atoms with Crippen molar-refractivity contribution in [2.75, 3.05) is 0 Å². The minimum Gasteiger partial charge on any atom is -0.349 e. The van der Waals surface area contributed by atoms with E-state index in [1.165, 1.54) is 12.8 Å². The monoisotopic (exact) mass is 398 g/mol. The summed E-state index contributed by atoms with van der Waals surface area (Å²) >= 11 is 12.5. The summed E-state index contributed by atoms with van der Waals surface area (Å²) in [7, 11) is 0. The molecular weight excluding hydrogens is 379 g/mol. The largest absolute Gasteiger partial charge is 0.349 e. The first kappa shape index (κ1) is 18.3. The zero-order valence-corrected chi connectivity index (χ0v) is 16.6. The van der Waals surface area contributed by atoms with Crippen LogP contribution in [0.4, 0.5) is 0 Å². The molecule has 2 aromatic carbocycles. The molecule has 138 valence electrons. The summed E-state index contributed by atoms with van der Waals surface area (Å²) in [6.07, 6.45) is 4.44. The van der Waals surface area contributed by atoms with Crippen LogP contribution in [0.1, 0.15) is 41.6 Å². The molecule has 1 fully saturated rings. The molecule has 4 rings (SSSR count). The molecule has 0 atom stereocenters. The van der Waals surface area contributed by atoms with Gasteiger partial charge in [0.2, 0.25) is 0 Å². The number of nitrogens with zero attached hydrogens (tertiary/aromatic N) is 1. The number of hydrogen-bond acceptors (Lipinski definition) is 2. The van der Waals surface area contributed by atoms with Crippen molar-refractivity contribution in [1.82, 2.24) is 10.3 Å². The molecular formula is C22H20Cl2N2O. The molecule has 3 aromatic rings. The molecule has 1 aliphatic carbocycles. The Bertz CT molecular complexity index is 1030. The second-order valence-electron chi connectivity index (χ2n) is 7.06. The van der Waals surface area contributed by atoms with Gasteiger partial charge in [0.15, 0.2) is 0 Å². The number of halogens is 2. The van der Waals surface area contributed by atoms with E-state index in [0.29, 0.717) is 21.3 Å². The minimum atomic E-state index is -0.0377. The van der Waals surface area contributed by atoms with Gasteiger partial charge in [-0.25, -0.2) is 4.98 Å². The lowest BCUT2D eigenvalue weighted by Gasteiger charge is -2.18. The van der Waals surface area contributed by atoms with Crippen LogP contribution in [0.3, 0.4) is 0 Å². The van der Waals surface area contributed by atoms with Gasteiger partial charge < -0.3 is 5.32 Å². The first-order chi connectivity index (χ1) is 13.0. The molecule has 1 heterocycles. The van der Waals surface area contributed by atoms with Crippen molar-refractivity contribution in [3.63, 3.8) is 0 Å². The highest BCUT2D eigenvalue weighted by Gasteiger charge is 2.23. The Balaban J connectivity index is 1.88. The van der Waals surface area contributed by atoms with Crippen LogP contribution in [-0.4, -0.2) is 16.9 Å². The number of hydrogen-bond donors (Lipinski definition) is 1. The van der Waals surface area contributed by atoms with E-state index in [9.17, 15) is 4.79 Å². The lowest BCUT2D eigenvalue weighted by atomic mass is 9.97. The van der Waals surface area contributed by atoms with Crippen molar-refractivity contribution >= 4 is 40.0 Å². The van der Waals surface area contributed by atoms with E-state index in [-0.39, 0.29) is 11.9 Å². The molecule has 0 bridgehead atoms. The predicted molar refractivity (Wildman–Crippen MR) is 112 cm³/mol. The number of pyridine rings is 1. The Morgan fingerprint density at radius 1 is 1.11 bits per heavy atom. The van der Waals surface area contributed by atoms with Crippen molar-refractivity contribution in [1.29, 1.82) is 0 Å². The molecule has 5 heteroatoms. The van der Waals surface area contributed by atoms with Crippen molar-refractivity contribution in [3.8, 4) is 11.3 Å². The molecule has 27 heavy (non-hydrogen) atoms. The molecule has 1 amide bonds. The van der Waals surface area contributed by atoms with E-state index in [2.05, 4.69) is 5.32 Å². The first-order valence-electron chi connectivity index (χ1n) is 9.20. The molecule has 1 aromatic heterocycles. The summed E-state index contributed by atoms with van der Waals surface area (Å²) in [5, 5.41) is 5.16. The minimum absolute atomic E-state index is 0.0377. The smallest absolute Gasteiger partial charge is 0.252 e. The molecule has 1 N–H and O–H groups in total. The third-order valence-electron chi connectivity index (χ3n) is 5.24. The maximum Gasteiger partial charge on any atom is 0.252 e. The summed E-state index contributed by atoms with van der Waals surface area (Å²) in [6, 6.07) is 13.3. The van der Waals surface area contributed by atoms with E-state index < -0.39 is 0 Å². The van der Waals surface area contributed by atoms with Gasteiger partial charge in [-0.15, -0.1) is 0 Å². The number of rotatable bonds is 3. The Kier molecular flexibility index (Phi) is 5.07. The number of nitrogens with one attached hydrogen (secondary N) is 1. The normalized spacial score (nSPS) is 14.6. The lowest BCUT2D eigenvalue weighted by Crippen LogP contribution is -2.33. The molecule has 1 saturated carbocycles. The second-order valence-corrected chi connectivity index (χ2v) is 7.90. The predicted octanol–water partition coefficient (Wildman–Crippen LogP) is 6.19. The van der Waals surface area contributed by atoms with Crippen LogP contribution in [0, 0.1) is 6.92 Å². The van der Waals surface area contributed by atoms with Crippen LogP contribution < -0.4 is 5.32 Å². The van der Waals surface area contributed by atoms with E-state index in [4.69, 9.17) is 28.2 Å². The lowest BCUT2D eigenvalue weighted by molar-refractivity contribution is 0.0939. The Hall–Kier alpha value is -2.10. The first-order valence-corrected chi connectivity index (χ1v) is 9.96. The fourth-order valence-electron chi connectivity index (χ4n) is 3.87. The molecule has 0 unspecified atom stereocenters. The highest BCUT2D eigenvalue weighted by molar-refractivity contribution is 6.36. The van der Waals surface area contributed by atoms with Crippen molar-refractivity contribution in [3.05, 3.63) is 63.6 Å². The summed E-state index contributed by atoms with van der Waals surface area (Å²) < 4.78 is 0. The average Bonchev–Trinajstić information content (AvgIpc) is 3.14. The van der Waals surface area contributed by atoms with Gasteiger partial charge in [-0.05, 0) is 49.6 Å². The topological polar surface area (TPSA) is 42.0 Å². The van der Waals surface area contributed by atoms with Gasteiger partial charge in [-0.2, -0.15) is 0 Å². The van der Waals surface area contributed by atoms with E-state index in [1.54, 1.807) is 12.1 Å². The zero-order chi connectivity index (χ0) is 19.0. The Morgan fingerprint density at radius 2 is 1.85 bits per heavy atom. The SMILES string of the molecule is Cc1c(-c2ccc(Cl)cc2Cl)nc2ccccc2c1C(=O)NC1CCCC1. The van der Waals surface area contributed by atoms with Gasteiger partial charge in [-0.3, -0.25) is 4.79 Å². The molecule has 0 saturated heterocycles. The number of carbonyl (C=O) groups is 1. The van der Waals surface area contributed by atoms with Crippen LogP contribution in [-0.2, 0) is 0 Å². The van der Waals surface area contributed by atoms with Gasteiger partial charge in [-0.1, -0.05) is 54.2 Å². The van der Waals surface area contributed by atoms with Crippen LogP contribution in [0.15, 0.2) is 42.5 Å². The Labute approximate surface area is 168 Å². The second kappa shape index (κ2) is 7.49. The third kappa shape index (κ3) is 3.54. The highest BCUT2D eigenvalue weighted by Crippen LogP contribution is 2.35. The zero-order valence-electron chi connectivity index (χ0n) is 15.1. The molecule has 0 aliphatic heterocycles. The van der Waals surface area contributed by atoms with E-state index in [0.717, 1.165) is 34.9 Å². The van der Waals surface area contributed by atoms with Crippen LogP contribution in [0.25, 0.3) is 22.2 Å². The van der Waals surface area contributed by atoms with Gasteiger partial charge in [0, 0.05) is 22.0 Å². The van der Waals surface area contributed by atoms with Crippen LogP contribution in [0.2, 0.25) is 10.0 Å². The Morgan fingerprint density at radius 3 is 2.59 bits per heavy atom. The average molecular weight is 399 g/mol. The quantitative estimate of drug-likeness (QED) is 0.571. The standard InChI is InChI=1S/C22H20Cl2N2O/c1-13-20(22(27)25-15-6-2-3-7-15)17-8-4-5-9-19(17)26-21(13)16-11-10-14(23)12-18(16)24/h4-5,8-12,15H,2-3,6-7H2,1H3,(H,25,27). The fourth-order valence-corrected chi connectivity index (χ4v) is 4.37. The van der Waals surface area contributed by atoms with Crippen LogP contribution >= 0.6 is 23.2 Å². The molecule has 0 spiro atoms. The summed E-state index contributed by atoms with van der Waals surface area (Å²) in [5.74, 6) is -0.0377. The van der Waals surface area contributed by atoms with Crippen LogP contribution in [0.5, 0.6) is 0 Å². The highest BCUT2D eigenvalue weighted by atomic mass is 35.5. The van der Waals surface area contributed by atoms with Gasteiger partial charge in [0.1, 0.15) is 0 Å². The van der Waals surface area contributed by atoms with Crippen molar-refractivity contribution < 1.29 is 4.79 Å². The van der Waals surface area contributed by atoms with Gasteiger partial charge in [0.25, 0.3) is 5.91 Å². The summed E-state index contributed by atoms with van der Waals surface area (Å²) in [4.78, 5) is 18.0. The van der Waals surface area contributed by atoms with Crippen molar-refractivity contribution in [2.45, 2.75) is 38.6 Å². The fraction of sp³-hybridized carbons (Fsp3) is 0.273. The number of aromatic nitrogens is 1. The maximum absolute atomic E-state index is 13.2. The molecule has 3 nitrogen and oxygen atoms in total.